The zero-order chi connectivity index (χ0) is 10.8. The lowest BCUT2D eigenvalue weighted by Gasteiger charge is -1.98. The Bertz CT molecular complexity index is 530. The van der Waals surface area contributed by atoms with Gasteiger partial charge in [0.2, 0.25) is 0 Å². The van der Waals surface area contributed by atoms with Crippen molar-refractivity contribution in [2.75, 3.05) is 7.11 Å². The van der Waals surface area contributed by atoms with Crippen LogP contribution in [0.3, 0.4) is 0 Å². The van der Waals surface area contributed by atoms with Crippen LogP contribution in [-0.4, -0.2) is 29.3 Å². The summed E-state index contributed by atoms with van der Waals surface area (Å²) < 4.78 is 4.62. The van der Waals surface area contributed by atoms with Gasteiger partial charge in [0, 0.05) is 11.6 Å². The normalized spacial score (nSPS) is 10.2. The predicted octanol–water partition coefficient (Wildman–Crippen LogP) is 1.16. The lowest BCUT2D eigenvalue weighted by molar-refractivity contribution is 0.0603. The molecule has 0 aromatic carbocycles. The number of aromatic nitrogens is 2. The predicted molar refractivity (Wildman–Crippen MR) is 52.8 cm³/mol. The smallest absolute Gasteiger partial charge is 0.338 e. The Labute approximate surface area is 85.1 Å². The van der Waals surface area contributed by atoms with Crippen LogP contribution >= 0.6 is 0 Å². The van der Waals surface area contributed by atoms with E-state index < -0.39 is 5.97 Å². The van der Waals surface area contributed by atoms with Crippen LogP contribution in [-0.2, 0) is 4.74 Å². The molecule has 5 nitrogen and oxygen atoms in total. The summed E-state index contributed by atoms with van der Waals surface area (Å²) in [5, 5.41) is 0.589. The van der Waals surface area contributed by atoms with Crippen molar-refractivity contribution in [3.8, 4) is 0 Å². The first-order valence-electron chi connectivity index (χ1n) is 4.27. The van der Waals surface area contributed by atoms with Gasteiger partial charge < -0.3 is 9.72 Å². The van der Waals surface area contributed by atoms with Crippen molar-refractivity contribution in [1.29, 1.82) is 0 Å². The van der Waals surface area contributed by atoms with Gasteiger partial charge >= 0.3 is 5.97 Å². The number of pyridine rings is 1. The second-order valence-corrected chi connectivity index (χ2v) is 2.95. The average molecular weight is 204 g/mol. The highest BCUT2D eigenvalue weighted by Gasteiger charge is 2.12. The van der Waals surface area contributed by atoms with Crippen molar-refractivity contribution in [2.45, 2.75) is 0 Å². The molecular formula is C10H8N2O3. The number of methoxy groups -OCH3 is 1. The molecule has 0 bridgehead atoms. The molecule has 0 radical (unpaired) electrons. The van der Waals surface area contributed by atoms with Crippen LogP contribution in [0.2, 0.25) is 0 Å². The van der Waals surface area contributed by atoms with Crippen LogP contribution in [0.5, 0.6) is 0 Å². The standard InChI is InChI=1S/C10H8N2O3/c1-15-10(14)7-2-3-11-9-8(7)4-6(5-13)12-9/h2-5H,1H3,(H,11,12). The Morgan fingerprint density at radius 1 is 1.60 bits per heavy atom. The average Bonchev–Trinajstić information content (AvgIpc) is 2.70. The molecule has 1 N–H and O–H groups in total. The van der Waals surface area contributed by atoms with Gasteiger partial charge in [-0.25, -0.2) is 9.78 Å². The van der Waals surface area contributed by atoms with Gasteiger partial charge in [-0.1, -0.05) is 0 Å². The Kier molecular flexibility index (Phi) is 2.21. The summed E-state index contributed by atoms with van der Waals surface area (Å²) in [6.45, 7) is 0. The maximum Gasteiger partial charge on any atom is 0.338 e. The van der Waals surface area contributed by atoms with Crippen LogP contribution in [0.1, 0.15) is 20.8 Å². The molecule has 0 aliphatic carbocycles. The van der Waals surface area contributed by atoms with Crippen molar-refractivity contribution in [2.24, 2.45) is 0 Å². The van der Waals surface area contributed by atoms with Crippen molar-refractivity contribution in [3.05, 3.63) is 29.6 Å². The van der Waals surface area contributed by atoms with Crippen LogP contribution in [0, 0.1) is 0 Å². The van der Waals surface area contributed by atoms with Gasteiger partial charge in [-0.3, -0.25) is 4.79 Å². The lowest BCUT2D eigenvalue weighted by atomic mass is 10.2. The third-order valence-corrected chi connectivity index (χ3v) is 2.08. The number of esters is 1. The highest BCUT2D eigenvalue weighted by atomic mass is 16.5. The molecule has 0 saturated carbocycles. The van der Waals surface area contributed by atoms with E-state index in [2.05, 4.69) is 14.7 Å². The van der Waals surface area contributed by atoms with E-state index in [1.54, 1.807) is 12.1 Å². The Morgan fingerprint density at radius 3 is 3.07 bits per heavy atom. The van der Waals surface area contributed by atoms with Crippen LogP contribution in [0.15, 0.2) is 18.3 Å². The molecule has 2 aromatic heterocycles. The maximum atomic E-state index is 11.4. The lowest BCUT2D eigenvalue weighted by Crippen LogP contribution is -2.01. The second kappa shape index (κ2) is 3.53. The monoisotopic (exact) mass is 204 g/mol. The molecule has 2 heterocycles. The van der Waals surface area contributed by atoms with Gasteiger partial charge in [0.25, 0.3) is 0 Å². The van der Waals surface area contributed by atoms with E-state index in [-0.39, 0.29) is 0 Å². The number of aldehydes is 1. The fourth-order valence-electron chi connectivity index (χ4n) is 1.40. The summed E-state index contributed by atoms with van der Waals surface area (Å²) in [5.41, 5.74) is 1.28. The number of fused-ring (bicyclic) bond motifs is 1. The van der Waals surface area contributed by atoms with E-state index in [0.717, 1.165) is 0 Å². The fraction of sp³-hybridized carbons (Fsp3) is 0.100. The Balaban J connectivity index is 2.69. The number of hydrogen-bond donors (Lipinski definition) is 1. The number of nitrogens with one attached hydrogen (secondary N) is 1. The quantitative estimate of drug-likeness (QED) is 0.588. The van der Waals surface area contributed by atoms with Crippen molar-refractivity contribution >= 4 is 23.3 Å². The molecule has 0 spiro atoms. The minimum Gasteiger partial charge on any atom is -0.465 e. The summed E-state index contributed by atoms with van der Waals surface area (Å²) in [7, 11) is 1.31. The van der Waals surface area contributed by atoms with Gasteiger partial charge in [-0.05, 0) is 12.1 Å². The number of ether oxygens (including phenoxy) is 1. The topological polar surface area (TPSA) is 72.0 Å². The molecule has 0 saturated heterocycles. The molecular weight excluding hydrogens is 196 g/mol. The molecule has 2 aromatic rings. The molecule has 2 rings (SSSR count). The van der Waals surface area contributed by atoms with E-state index >= 15 is 0 Å². The van der Waals surface area contributed by atoms with E-state index in [1.807, 2.05) is 0 Å². The second-order valence-electron chi connectivity index (χ2n) is 2.95. The summed E-state index contributed by atoms with van der Waals surface area (Å²) in [5.74, 6) is -0.446. The molecule has 0 amide bonds. The first-order chi connectivity index (χ1) is 7.26. The Hall–Kier alpha value is -2.17. The number of H-pyrrole nitrogens is 1. The highest BCUT2D eigenvalue weighted by molar-refractivity contribution is 6.04. The Morgan fingerprint density at radius 2 is 2.40 bits per heavy atom. The zero-order valence-corrected chi connectivity index (χ0v) is 7.98. The number of nitrogens with zero attached hydrogens (tertiary/aromatic N) is 1. The molecule has 5 heteroatoms. The minimum atomic E-state index is -0.446. The maximum absolute atomic E-state index is 11.4. The molecule has 0 aliphatic heterocycles. The summed E-state index contributed by atoms with van der Waals surface area (Å²) >= 11 is 0. The fourth-order valence-corrected chi connectivity index (χ4v) is 1.40. The number of carbonyl (C=O) groups excluding carboxylic acids is 2. The highest BCUT2D eigenvalue weighted by Crippen LogP contribution is 2.17. The van der Waals surface area contributed by atoms with Crippen molar-refractivity contribution < 1.29 is 14.3 Å². The number of aromatic amines is 1. The summed E-state index contributed by atoms with van der Waals surface area (Å²) in [6.07, 6.45) is 2.16. The molecule has 0 atom stereocenters. The van der Waals surface area contributed by atoms with Crippen LogP contribution < -0.4 is 0 Å². The molecule has 76 valence electrons. The van der Waals surface area contributed by atoms with Gasteiger partial charge in [0.05, 0.1) is 18.4 Å². The van der Waals surface area contributed by atoms with Gasteiger partial charge in [-0.2, -0.15) is 0 Å². The third-order valence-electron chi connectivity index (χ3n) is 2.08. The minimum absolute atomic E-state index is 0.383. The van der Waals surface area contributed by atoms with Crippen molar-refractivity contribution in [1.82, 2.24) is 9.97 Å². The third kappa shape index (κ3) is 1.48. The number of carbonyl (C=O) groups is 2. The van der Waals surface area contributed by atoms with Gasteiger partial charge in [0.15, 0.2) is 6.29 Å². The van der Waals surface area contributed by atoms with E-state index in [1.165, 1.54) is 13.3 Å². The first-order valence-corrected chi connectivity index (χ1v) is 4.27. The van der Waals surface area contributed by atoms with E-state index in [0.29, 0.717) is 28.6 Å². The van der Waals surface area contributed by atoms with E-state index in [9.17, 15) is 9.59 Å². The van der Waals surface area contributed by atoms with Crippen LogP contribution in [0.4, 0.5) is 0 Å². The molecule has 0 fully saturated rings. The molecule has 0 unspecified atom stereocenters. The number of rotatable bonds is 2. The summed E-state index contributed by atoms with van der Waals surface area (Å²) in [6, 6.07) is 3.12. The van der Waals surface area contributed by atoms with Crippen LogP contribution in [0.25, 0.3) is 11.0 Å². The van der Waals surface area contributed by atoms with E-state index in [4.69, 9.17) is 0 Å². The SMILES string of the molecule is COC(=O)c1ccnc2[nH]c(C=O)cc12. The first kappa shape index (κ1) is 9.39. The van der Waals surface area contributed by atoms with Crippen molar-refractivity contribution in [3.63, 3.8) is 0 Å². The molecule has 0 aliphatic rings. The summed E-state index contributed by atoms with van der Waals surface area (Å²) in [4.78, 5) is 28.7. The zero-order valence-electron chi connectivity index (χ0n) is 7.98. The van der Waals surface area contributed by atoms with Gasteiger partial charge in [-0.15, -0.1) is 0 Å². The van der Waals surface area contributed by atoms with Gasteiger partial charge in [0.1, 0.15) is 5.65 Å². The molecule has 15 heavy (non-hydrogen) atoms. The largest absolute Gasteiger partial charge is 0.465 e. The number of hydrogen-bond acceptors (Lipinski definition) is 4.